The van der Waals surface area contributed by atoms with Crippen molar-refractivity contribution in [3.63, 3.8) is 0 Å². The normalized spacial score (nSPS) is 35.4. The van der Waals surface area contributed by atoms with Gasteiger partial charge < -0.3 is 9.84 Å². The van der Waals surface area contributed by atoms with Crippen LogP contribution in [-0.2, 0) is 9.53 Å². The van der Waals surface area contributed by atoms with E-state index < -0.39 is 22.6 Å². The van der Waals surface area contributed by atoms with Crippen molar-refractivity contribution in [1.29, 1.82) is 5.26 Å². The van der Waals surface area contributed by atoms with E-state index in [2.05, 4.69) is 6.92 Å². The van der Waals surface area contributed by atoms with Crippen LogP contribution in [0.2, 0.25) is 0 Å². The van der Waals surface area contributed by atoms with Crippen molar-refractivity contribution in [2.45, 2.75) is 64.6 Å². The summed E-state index contributed by atoms with van der Waals surface area (Å²) in [6.45, 7) is 6.86. The Balaban J connectivity index is 3.06. The van der Waals surface area contributed by atoms with Crippen LogP contribution in [0.4, 0.5) is 0 Å². The van der Waals surface area contributed by atoms with Crippen molar-refractivity contribution < 1.29 is 14.6 Å². The SMILES string of the molecule is CCCCCC1(O)C(C)(C)OC(=O)C1(C)C#N. The fourth-order valence-corrected chi connectivity index (χ4v) is 2.51. The molecular formula is C13H21NO3. The van der Waals surface area contributed by atoms with E-state index in [0.29, 0.717) is 6.42 Å². The van der Waals surface area contributed by atoms with Crippen LogP contribution in [-0.4, -0.2) is 22.3 Å². The van der Waals surface area contributed by atoms with Crippen molar-refractivity contribution >= 4 is 5.97 Å². The van der Waals surface area contributed by atoms with Crippen molar-refractivity contribution in [3.8, 4) is 6.07 Å². The van der Waals surface area contributed by atoms with Gasteiger partial charge in [-0.15, -0.1) is 0 Å². The fourth-order valence-electron chi connectivity index (χ4n) is 2.51. The quantitative estimate of drug-likeness (QED) is 0.603. The smallest absolute Gasteiger partial charge is 0.330 e. The summed E-state index contributed by atoms with van der Waals surface area (Å²) in [5.74, 6) is -0.621. The summed E-state index contributed by atoms with van der Waals surface area (Å²) in [4.78, 5) is 11.8. The van der Waals surface area contributed by atoms with E-state index in [1.807, 2.05) is 6.07 Å². The summed E-state index contributed by atoms with van der Waals surface area (Å²) in [7, 11) is 0. The van der Waals surface area contributed by atoms with E-state index in [-0.39, 0.29) is 0 Å². The van der Waals surface area contributed by atoms with Gasteiger partial charge in [-0.1, -0.05) is 26.2 Å². The van der Waals surface area contributed by atoms with Crippen LogP contribution < -0.4 is 0 Å². The molecule has 0 saturated carbocycles. The lowest BCUT2D eigenvalue weighted by molar-refractivity contribution is -0.152. The highest BCUT2D eigenvalue weighted by Crippen LogP contribution is 2.51. The molecule has 0 aromatic heterocycles. The Kier molecular flexibility index (Phi) is 3.54. The zero-order valence-corrected chi connectivity index (χ0v) is 11.0. The first-order valence-corrected chi connectivity index (χ1v) is 6.12. The molecule has 1 heterocycles. The minimum absolute atomic E-state index is 0.406. The Bertz CT molecular complexity index is 358. The lowest BCUT2D eigenvalue weighted by atomic mass is 9.66. The van der Waals surface area contributed by atoms with Gasteiger partial charge in [-0.25, -0.2) is 0 Å². The summed E-state index contributed by atoms with van der Waals surface area (Å²) in [6, 6.07) is 1.94. The van der Waals surface area contributed by atoms with Gasteiger partial charge in [0.1, 0.15) is 11.2 Å². The Morgan fingerprint density at radius 2 is 1.94 bits per heavy atom. The van der Waals surface area contributed by atoms with Crippen LogP contribution in [0.1, 0.15) is 53.4 Å². The first-order chi connectivity index (χ1) is 7.75. The number of cyclic esters (lactones) is 1. The molecule has 2 atom stereocenters. The lowest BCUT2D eigenvalue weighted by Crippen LogP contribution is -2.55. The van der Waals surface area contributed by atoms with Crippen LogP contribution in [0.5, 0.6) is 0 Å². The molecule has 17 heavy (non-hydrogen) atoms. The third-order valence-corrected chi connectivity index (χ3v) is 3.95. The number of nitrogens with zero attached hydrogens (tertiary/aromatic N) is 1. The minimum atomic E-state index is -1.47. The number of carbonyl (C=O) groups excluding carboxylic acids is 1. The summed E-state index contributed by atoms with van der Waals surface area (Å²) in [5, 5.41) is 20.0. The first kappa shape index (κ1) is 14.0. The molecule has 1 saturated heterocycles. The molecule has 0 aromatic rings. The van der Waals surface area contributed by atoms with Crippen LogP contribution in [0, 0.1) is 16.7 Å². The maximum absolute atomic E-state index is 11.8. The predicted molar refractivity (Wildman–Crippen MR) is 63.0 cm³/mol. The highest BCUT2D eigenvalue weighted by Gasteiger charge is 2.69. The molecule has 1 aliphatic heterocycles. The number of rotatable bonds is 4. The third kappa shape index (κ3) is 1.83. The van der Waals surface area contributed by atoms with Crippen molar-refractivity contribution in [1.82, 2.24) is 0 Å². The second-order valence-electron chi connectivity index (χ2n) is 5.45. The van der Waals surface area contributed by atoms with Crippen LogP contribution in [0.25, 0.3) is 0 Å². The molecule has 0 aromatic carbocycles. The molecule has 1 aliphatic rings. The molecule has 0 aliphatic carbocycles. The number of hydrogen-bond donors (Lipinski definition) is 1. The largest absolute Gasteiger partial charge is 0.455 e. The summed E-state index contributed by atoms with van der Waals surface area (Å²) < 4.78 is 5.19. The molecule has 0 bridgehead atoms. The van der Waals surface area contributed by atoms with Gasteiger partial charge in [0.15, 0.2) is 5.41 Å². The monoisotopic (exact) mass is 239 g/mol. The molecule has 96 valence electrons. The minimum Gasteiger partial charge on any atom is -0.455 e. The maximum Gasteiger partial charge on any atom is 0.330 e. The summed E-state index contributed by atoms with van der Waals surface area (Å²) in [6.07, 6.45) is 3.18. The third-order valence-electron chi connectivity index (χ3n) is 3.95. The van der Waals surface area contributed by atoms with Gasteiger partial charge >= 0.3 is 5.97 Å². The lowest BCUT2D eigenvalue weighted by Gasteiger charge is -2.38. The Morgan fingerprint density at radius 3 is 2.41 bits per heavy atom. The molecule has 2 unspecified atom stereocenters. The number of nitriles is 1. The Hall–Kier alpha value is -1.08. The molecule has 1 N–H and O–H groups in total. The Morgan fingerprint density at radius 1 is 1.35 bits per heavy atom. The zero-order valence-electron chi connectivity index (χ0n) is 11.0. The number of ether oxygens (including phenoxy) is 1. The second kappa shape index (κ2) is 4.30. The average molecular weight is 239 g/mol. The number of esters is 1. The average Bonchev–Trinajstić information content (AvgIpc) is 2.38. The number of unbranched alkanes of at least 4 members (excludes halogenated alkanes) is 2. The Labute approximate surface area is 103 Å². The standard InChI is InChI=1S/C13H21NO3/c1-5-6-7-8-13(16)11(2,3)17-10(15)12(13,4)9-14/h16H,5-8H2,1-4H3. The van der Waals surface area contributed by atoms with Crippen molar-refractivity contribution in [2.24, 2.45) is 5.41 Å². The van der Waals surface area contributed by atoms with Crippen LogP contribution >= 0.6 is 0 Å². The van der Waals surface area contributed by atoms with Gasteiger partial charge in [0.25, 0.3) is 0 Å². The van der Waals surface area contributed by atoms with Gasteiger partial charge in [0.2, 0.25) is 0 Å². The maximum atomic E-state index is 11.8. The number of aliphatic hydroxyl groups is 1. The summed E-state index contributed by atoms with van der Waals surface area (Å²) >= 11 is 0. The highest BCUT2D eigenvalue weighted by molar-refractivity contribution is 5.84. The second-order valence-corrected chi connectivity index (χ2v) is 5.45. The molecule has 0 radical (unpaired) electrons. The fraction of sp³-hybridized carbons (Fsp3) is 0.846. The molecule has 4 heteroatoms. The van der Waals surface area contributed by atoms with E-state index in [9.17, 15) is 15.2 Å². The molecular weight excluding hydrogens is 218 g/mol. The molecule has 0 spiro atoms. The van der Waals surface area contributed by atoms with E-state index >= 15 is 0 Å². The molecule has 4 nitrogen and oxygen atoms in total. The van der Waals surface area contributed by atoms with E-state index in [4.69, 9.17) is 4.74 Å². The van der Waals surface area contributed by atoms with Crippen LogP contribution in [0.15, 0.2) is 0 Å². The van der Waals surface area contributed by atoms with E-state index in [1.54, 1.807) is 13.8 Å². The molecule has 0 amide bonds. The number of hydrogen-bond acceptors (Lipinski definition) is 4. The van der Waals surface area contributed by atoms with Gasteiger partial charge in [0.05, 0.1) is 6.07 Å². The van der Waals surface area contributed by atoms with Gasteiger partial charge in [-0.2, -0.15) is 5.26 Å². The molecule has 1 rings (SSSR count). The predicted octanol–water partition coefficient (Wildman–Crippen LogP) is 2.16. The van der Waals surface area contributed by atoms with Gasteiger partial charge in [-0.3, -0.25) is 4.79 Å². The molecule has 1 fully saturated rings. The summed E-state index contributed by atoms with van der Waals surface area (Å²) in [5.41, 5.74) is -3.90. The van der Waals surface area contributed by atoms with Crippen molar-refractivity contribution in [2.75, 3.05) is 0 Å². The van der Waals surface area contributed by atoms with E-state index in [0.717, 1.165) is 19.3 Å². The van der Waals surface area contributed by atoms with Gasteiger partial charge in [0, 0.05) is 0 Å². The van der Waals surface area contributed by atoms with Crippen molar-refractivity contribution in [3.05, 3.63) is 0 Å². The number of carbonyl (C=O) groups is 1. The van der Waals surface area contributed by atoms with E-state index in [1.165, 1.54) is 6.92 Å². The first-order valence-electron chi connectivity index (χ1n) is 6.12. The highest BCUT2D eigenvalue weighted by atomic mass is 16.6. The topological polar surface area (TPSA) is 70.3 Å². The van der Waals surface area contributed by atoms with Crippen LogP contribution in [0.3, 0.4) is 0 Å². The van der Waals surface area contributed by atoms with Gasteiger partial charge in [-0.05, 0) is 27.2 Å². The zero-order chi connectivity index (χ0) is 13.3.